The zero-order valence-electron chi connectivity index (χ0n) is 11.0. The van der Waals surface area contributed by atoms with Crippen LogP contribution in [0.1, 0.15) is 32.0 Å². The van der Waals surface area contributed by atoms with E-state index in [1.165, 1.54) is 0 Å². The van der Waals surface area contributed by atoms with Crippen molar-refractivity contribution in [1.82, 2.24) is 15.0 Å². The molecule has 1 amide bonds. The summed E-state index contributed by atoms with van der Waals surface area (Å²) in [4.78, 5) is 18.0. The second-order valence-electron chi connectivity index (χ2n) is 4.79. The number of ether oxygens (including phenoxy) is 1. The van der Waals surface area contributed by atoms with Crippen LogP contribution in [0.4, 0.5) is 0 Å². The molecule has 2 atom stereocenters. The van der Waals surface area contributed by atoms with Crippen molar-refractivity contribution in [3.05, 3.63) is 11.7 Å². The van der Waals surface area contributed by atoms with Crippen molar-refractivity contribution in [2.45, 2.75) is 45.8 Å². The van der Waals surface area contributed by atoms with Gasteiger partial charge in [-0.25, -0.2) is 0 Å². The van der Waals surface area contributed by atoms with Crippen LogP contribution in [0.2, 0.25) is 0 Å². The Morgan fingerprint density at radius 2 is 2.06 bits per heavy atom. The molecule has 0 N–H and O–H groups in total. The highest BCUT2D eigenvalue weighted by molar-refractivity contribution is 5.76. The molecule has 0 spiro atoms. The van der Waals surface area contributed by atoms with E-state index in [4.69, 9.17) is 9.26 Å². The smallest absolute Gasteiger partial charge is 0.227 e. The summed E-state index contributed by atoms with van der Waals surface area (Å²) >= 11 is 0. The van der Waals surface area contributed by atoms with Gasteiger partial charge in [0, 0.05) is 25.9 Å². The number of hydrogen-bond acceptors (Lipinski definition) is 5. The fraction of sp³-hybridized carbons (Fsp3) is 0.750. The number of carbonyl (C=O) groups is 1. The molecular formula is C12H19N3O3. The highest BCUT2D eigenvalue weighted by Crippen LogP contribution is 2.12. The fourth-order valence-corrected chi connectivity index (χ4v) is 2.20. The van der Waals surface area contributed by atoms with Crippen molar-refractivity contribution >= 4 is 5.91 Å². The van der Waals surface area contributed by atoms with Crippen LogP contribution in [0.5, 0.6) is 0 Å². The molecule has 1 aromatic rings. The normalized spacial score (nSPS) is 24.3. The molecule has 0 saturated carbocycles. The van der Waals surface area contributed by atoms with Crippen LogP contribution in [0.15, 0.2) is 4.52 Å². The lowest BCUT2D eigenvalue weighted by molar-refractivity contribution is -0.143. The van der Waals surface area contributed by atoms with Crippen LogP contribution in [0.25, 0.3) is 0 Å². The number of rotatable bonds is 3. The van der Waals surface area contributed by atoms with Crippen molar-refractivity contribution in [2.24, 2.45) is 0 Å². The van der Waals surface area contributed by atoms with Crippen LogP contribution in [-0.2, 0) is 16.0 Å². The monoisotopic (exact) mass is 253 g/mol. The van der Waals surface area contributed by atoms with Crippen LogP contribution >= 0.6 is 0 Å². The molecule has 6 nitrogen and oxygen atoms in total. The maximum absolute atomic E-state index is 12.0. The standard InChI is InChI=1S/C12H19N3O3/c1-8-6-15(7-9(2)17-8)12(16)5-4-11-13-10(3)14-18-11/h8-9H,4-7H2,1-3H3. The Balaban J connectivity index is 1.84. The number of nitrogens with zero attached hydrogens (tertiary/aromatic N) is 3. The Labute approximate surface area is 106 Å². The summed E-state index contributed by atoms with van der Waals surface area (Å²) in [6, 6.07) is 0. The quantitative estimate of drug-likeness (QED) is 0.802. The van der Waals surface area contributed by atoms with Crippen LogP contribution in [-0.4, -0.2) is 46.2 Å². The Morgan fingerprint density at radius 3 is 2.61 bits per heavy atom. The third-order valence-corrected chi connectivity index (χ3v) is 2.89. The average molecular weight is 253 g/mol. The highest BCUT2D eigenvalue weighted by atomic mass is 16.5. The molecule has 2 rings (SSSR count). The maximum atomic E-state index is 12.0. The van der Waals surface area contributed by atoms with Crippen LogP contribution < -0.4 is 0 Å². The third kappa shape index (κ3) is 3.29. The molecule has 100 valence electrons. The molecular weight excluding hydrogens is 234 g/mol. The summed E-state index contributed by atoms with van der Waals surface area (Å²) in [5.74, 6) is 1.24. The van der Waals surface area contributed by atoms with Crippen LogP contribution in [0.3, 0.4) is 0 Å². The van der Waals surface area contributed by atoms with E-state index in [0.717, 1.165) is 0 Å². The topological polar surface area (TPSA) is 68.5 Å². The van der Waals surface area contributed by atoms with Gasteiger partial charge in [0.25, 0.3) is 0 Å². The minimum absolute atomic E-state index is 0.100. The van der Waals surface area contributed by atoms with Crippen molar-refractivity contribution < 1.29 is 14.1 Å². The van der Waals surface area contributed by atoms with Crippen molar-refractivity contribution in [3.63, 3.8) is 0 Å². The lowest BCUT2D eigenvalue weighted by atomic mass is 10.2. The first kappa shape index (κ1) is 13.0. The number of aryl methyl sites for hydroxylation is 2. The average Bonchev–Trinajstić information content (AvgIpc) is 2.70. The van der Waals surface area contributed by atoms with Crippen molar-refractivity contribution in [1.29, 1.82) is 0 Å². The molecule has 18 heavy (non-hydrogen) atoms. The predicted molar refractivity (Wildman–Crippen MR) is 63.9 cm³/mol. The van der Waals surface area contributed by atoms with E-state index < -0.39 is 0 Å². The van der Waals surface area contributed by atoms with Crippen LogP contribution in [0, 0.1) is 6.92 Å². The molecule has 1 aliphatic heterocycles. The number of carbonyl (C=O) groups excluding carboxylic acids is 1. The third-order valence-electron chi connectivity index (χ3n) is 2.89. The lowest BCUT2D eigenvalue weighted by Gasteiger charge is -2.35. The van der Waals surface area contributed by atoms with Gasteiger partial charge in [-0.05, 0) is 20.8 Å². The van der Waals surface area contributed by atoms with Gasteiger partial charge >= 0.3 is 0 Å². The maximum Gasteiger partial charge on any atom is 0.227 e. The van der Waals surface area contributed by atoms with Gasteiger partial charge < -0.3 is 14.2 Å². The molecule has 0 bridgehead atoms. The van der Waals surface area contributed by atoms with Gasteiger partial charge in [0.2, 0.25) is 11.8 Å². The molecule has 1 saturated heterocycles. The Hall–Kier alpha value is -1.43. The van der Waals surface area contributed by atoms with E-state index in [0.29, 0.717) is 37.6 Å². The number of aromatic nitrogens is 2. The molecule has 1 aromatic heterocycles. The minimum atomic E-state index is 0.100. The molecule has 0 aromatic carbocycles. The molecule has 2 unspecified atom stereocenters. The van der Waals surface area contributed by atoms with Gasteiger partial charge in [-0.1, -0.05) is 5.16 Å². The summed E-state index contributed by atoms with van der Waals surface area (Å²) in [6.07, 6.45) is 1.10. The molecule has 0 radical (unpaired) electrons. The summed E-state index contributed by atoms with van der Waals surface area (Å²) in [7, 11) is 0. The summed E-state index contributed by atoms with van der Waals surface area (Å²) < 4.78 is 10.6. The van der Waals surface area contributed by atoms with Crippen molar-refractivity contribution in [3.8, 4) is 0 Å². The summed E-state index contributed by atoms with van der Waals surface area (Å²) in [5.41, 5.74) is 0. The van der Waals surface area contributed by atoms with Gasteiger partial charge in [0.05, 0.1) is 12.2 Å². The summed E-state index contributed by atoms with van der Waals surface area (Å²) in [6.45, 7) is 7.05. The first-order chi connectivity index (χ1) is 8.54. The summed E-state index contributed by atoms with van der Waals surface area (Å²) in [5, 5.41) is 3.70. The van der Waals surface area contributed by atoms with Gasteiger partial charge in [-0.15, -0.1) is 0 Å². The van der Waals surface area contributed by atoms with E-state index in [-0.39, 0.29) is 18.1 Å². The second-order valence-corrected chi connectivity index (χ2v) is 4.79. The van der Waals surface area contributed by atoms with E-state index in [9.17, 15) is 4.79 Å². The van der Waals surface area contributed by atoms with E-state index in [2.05, 4.69) is 10.1 Å². The Kier molecular flexibility index (Phi) is 3.96. The van der Waals surface area contributed by atoms with E-state index >= 15 is 0 Å². The SMILES string of the molecule is Cc1noc(CCC(=O)N2CC(C)OC(C)C2)n1. The Bertz CT molecular complexity index is 408. The highest BCUT2D eigenvalue weighted by Gasteiger charge is 2.25. The largest absolute Gasteiger partial charge is 0.372 e. The molecule has 6 heteroatoms. The predicted octanol–water partition coefficient (Wildman–Crippen LogP) is 0.946. The van der Waals surface area contributed by atoms with Gasteiger partial charge in [-0.3, -0.25) is 4.79 Å². The molecule has 2 heterocycles. The zero-order valence-corrected chi connectivity index (χ0v) is 11.0. The number of amides is 1. The number of hydrogen-bond donors (Lipinski definition) is 0. The minimum Gasteiger partial charge on any atom is -0.372 e. The Morgan fingerprint density at radius 1 is 1.39 bits per heavy atom. The molecule has 1 aliphatic rings. The first-order valence-corrected chi connectivity index (χ1v) is 6.27. The first-order valence-electron chi connectivity index (χ1n) is 6.27. The van der Waals surface area contributed by atoms with E-state index in [1.807, 2.05) is 18.7 Å². The molecule has 1 fully saturated rings. The van der Waals surface area contributed by atoms with Gasteiger partial charge in [0.1, 0.15) is 0 Å². The van der Waals surface area contributed by atoms with Gasteiger partial charge in [0.15, 0.2) is 5.82 Å². The van der Waals surface area contributed by atoms with Gasteiger partial charge in [-0.2, -0.15) is 4.98 Å². The zero-order chi connectivity index (χ0) is 13.1. The second kappa shape index (κ2) is 5.48. The van der Waals surface area contributed by atoms with Crippen molar-refractivity contribution in [2.75, 3.05) is 13.1 Å². The number of morpholine rings is 1. The van der Waals surface area contributed by atoms with E-state index in [1.54, 1.807) is 6.92 Å². The lowest BCUT2D eigenvalue weighted by Crippen LogP contribution is -2.48. The molecule has 0 aliphatic carbocycles. The fourth-order valence-electron chi connectivity index (χ4n) is 2.20.